The van der Waals surface area contributed by atoms with Gasteiger partial charge in [-0.3, -0.25) is 4.79 Å². The van der Waals surface area contributed by atoms with Crippen LogP contribution in [0.15, 0.2) is 23.1 Å². The average Bonchev–Trinajstić information content (AvgIpc) is 3.04. The number of carbonyl (C=O) groups is 1. The van der Waals surface area contributed by atoms with Crippen LogP contribution in [0.1, 0.15) is 58.7 Å². The van der Waals surface area contributed by atoms with E-state index < -0.39 is 10.0 Å². The molecule has 30 heavy (non-hydrogen) atoms. The summed E-state index contributed by atoms with van der Waals surface area (Å²) >= 11 is 0. The maximum Gasteiger partial charge on any atom is 0.242 e. The van der Waals surface area contributed by atoms with Gasteiger partial charge in [0.15, 0.2) is 0 Å². The zero-order chi connectivity index (χ0) is 22.3. The lowest BCUT2D eigenvalue weighted by Gasteiger charge is -2.11. The Kier molecular flexibility index (Phi) is 8.85. The van der Waals surface area contributed by atoms with Crippen LogP contribution in [0.5, 0.6) is 0 Å². The number of unbranched alkanes of at least 4 members (excludes halogenated alkanes) is 1. The third kappa shape index (κ3) is 6.28. The molecule has 7 nitrogen and oxygen atoms in total. The van der Waals surface area contributed by atoms with E-state index >= 15 is 0 Å². The number of rotatable bonds is 12. The van der Waals surface area contributed by atoms with Crippen LogP contribution in [0.25, 0.3) is 11.0 Å². The largest absolute Gasteiger partial charge is 0.356 e. The number of carbonyl (C=O) groups excluding carboxylic acids is 1. The van der Waals surface area contributed by atoms with Crippen LogP contribution in [0.4, 0.5) is 0 Å². The minimum Gasteiger partial charge on any atom is -0.356 e. The van der Waals surface area contributed by atoms with Crippen LogP contribution in [-0.4, -0.2) is 48.8 Å². The molecule has 0 bridgehead atoms. The van der Waals surface area contributed by atoms with Gasteiger partial charge in [0.1, 0.15) is 5.82 Å². The Bertz CT molecular complexity index is 949. The van der Waals surface area contributed by atoms with Gasteiger partial charge in [-0.2, -0.15) is 0 Å². The summed E-state index contributed by atoms with van der Waals surface area (Å²) in [6.45, 7) is 7.99. The quantitative estimate of drug-likeness (QED) is 0.516. The molecule has 0 saturated heterocycles. The van der Waals surface area contributed by atoms with E-state index in [2.05, 4.69) is 30.7 Å². The zero-order valence-electron chi connectivity index (χ0n) is 18.9. The van der Waals surface area contributed by atoms with E-state index in [0.29, 0.717) is 30.8 Å². The average molecular weight is 437 g/mol. The predicted octanol–water partition coefficient (Wildman–Crippen LogP) is 3.57. The zero-order valence-corrected chi connectivity index (χ0v) is 19.8. The molecule has 0 radical (unpaired) electrons. The van der Waals surface area contributed by atoms with E-state index in [1.807, 2.05) is 6.07 Å². The number of hydrogen-bond donors (Lipinski definition) is 1. The third-order valence-electron chi connectivity index (χ3n) is 5.17. The number of sulfonamides is 1. The number of imidazole rings is 1. The van der Waals surface area contributed by atoms with Crippen molar-refractivity contribution in [1.29, 1.82) is 0 Å². The minimum absolute atomic E-state index is 0.0312. The molecule has 2 aromatic rings. The van der Waals surface area contributed by atoms with Crippen molar-refractivity contribution in [3.8, 4) is 0 Å². The van der Waals surface area contributed by atoms with Gasteiger partial charge in [0.05, 0.1) is 15.9 Å². The Balaban J connectivity index is 2.18. The summed E-state index contributed by atoms with van der Waals surface area (Å²) in [5.41, 5.74) is 1.56. The van der Waals surface area contributed by atoms with Gasteiger partial charge in [0.2, 0.25) is 15.9 Å². The smallest absolute Gasteiger partial charge is 0.242 e. The highest BCUT2D eigenvalue weighted by atomic mass is 32.2. The lowest BCUT2D eigenvalue weighted by Crippen LogP contribution is -2.25. The van der Waals surface area contributed by atoms with Crippen molar-refractivity contribution >= 4 is 27.0 Å². The second-order valence-electron chi connectivity index (χ2n) is 8.36. The molecule has 8 heteroatoms. The normalized spacial score (nSPS) is 12.2. The number of aryl methyl sites for hydroxylation is 2. The molecule has 0 aliphatic heterocycles. The van der Waals surface area contributed by atoms with E-state index in [-0.39, 0.29) is 10.8 Å². The topological polar surface area (TPSA) is 84.3 Å². The lowest BCUT2D eigenvalue weighted by molar-refractivity contribution is -0.121. The highest BCUT2D eigenvalue weighted by molar-refractivity contribution is 7.89. The molecule has 1 amide bonds. The van der Waals surface area contributed by atoms with Crippen molar-refractivity contribution in [2.75, 3.05) is 20.6 Å². The molecule has 0 saturated carbocycles. The van der Waals surface area contributed by atoms with Crippen molar-refractivity contribution in [1.82, 2.24) is 19.2 Å². The molecule has 1 aromatic carbocycles. The number of amides is 1. The molecule has 0 spiro atoms. The number of nitrogens with one attached hydrogen (secondary N) is 1. The van der Waals surface area contributed by atoms with Gasteiger partial charge < -0.3 is 9.88 Å². The first kappa shape index (κ1) is 24.3. The molecule has 0 unspecified atom stereocenters. The fourth-order valence-electron chi connectivity index (χ4n) is 3.34. The fourth-order valence-corrected chi connectivity index (χ4v) is 4.26. The van der Waals surface area contributed by atoms with Gasteiger partial charge in [-0.1, -0.05) is 27.2 Å². The second kappa shape index (κ2) is 10.9. The van der Waals surface area contributed by atoms with Crippen molar-refractivity contribution in [2.24, 2.45) is 5.92 Å². The standard InChI is InChI=1S/C22H36N4O3S/c1-6-7-15-26-20-11-10-18(30(28,29)25(4)5)16-19(20)24-21(26)12-13-22(27)23-14-8-9-17(2)3/h10-11,16-17H,6-9,12-15H2,1-5H3,(H,23,27). The van der Waals surface area contributed by atoms with Gasteiger partial charge in [-0.25, -0.2) is 17.7 Å². The van der Waals surface area contributed by atoms with Crippen molar-refractivity contribution in [2.45, 2.75) is 70.7 Å². The van der Waals surface area contributed by atoms with Crippen LogP contribution in [-0.2, 0) is 27.8 Å². The maximum absolute atomic E-state index is 12.5. The van der Waals surface area contributed by atoms with Crippen molar-refractivity contribution in [3.63, 3.8) is 0 Å². The Labute approximate surface area is 180 Å². The summed E-state index contributed by atoms with van der Waals surface area (Å²) in [7, 11) is -0.477. The summed E-state index contributed by atoms with van der Waals surface area (Å²) in [5.74, 6) is 1.50. The molecule has 0 aliphatic carbocycles. The van der Waals surface area contributed by atoms with E-state index in [1.54, 1.807) is 12.1 Å². The Morgan fingerprint density at radius 3 is 2.60 bits per heavy atom. The van der Waals surface area contributed by atoms with Crippen LogP contribution in [0.3, 0.4) is 0 Å². The second-order valence-corrected chi connectivity index (χ2v) is 10.5. The highest BCUT2D eigenvalue weighted by Gasteiger charge is 2.20. The van der Waals surface area contributed by atoms with E-state index in [1.165, 1.54) is 18.4 Å². The van der Waals surface area contributed by atoms with Crippen LogP contribution in [0.2, 0.25) is 0 Å². The first-order valence-corrected chi connectivity index (χ1v) is 12.3. The fraction of sp³-hybridized carbons (Fsp3) is 0.636. The van der Waals surface area contributed by atoms with Gasteiger partial charge in [-0.05, 0) is 43.4 Å². The van der Waals surface area contributed by atoms with E-state index in [4.69, 9.17) is 4.98 Å². The summed E-state index contributed by atoms with van der Waals surface area (Å²) < 4.78 is 28.2. The van der Waals surface area contributed by atoms with Crippen molar-refractivity contribution in [3.05, 3.63) is 24.0 Å². The Morgan fingerprint density at radius 2 is 1.97 bits per heavy atom. The molecular weight excluding hydrogens is 400 g/mol. The van der Waals surface area contributed by atoms with Crippen LogP contribution in [0, 0.1) is 5.92 Å². The minimum atomic E-state index is -3.51. The summed E-state index contributed by atoms with van der Waals surface area (Å²) in [6, 6.07) is 5.08. The summed E-state index contributed by atoms with van der Waals surface area (Å²) in [4.78, 5) is 17.2. The molecule has 0 aliphatic rings. The van der Waals surface area contributed by atoms with Gasteiger partial charge in [0.25, 0.3) is 0 Å². The molecule has 168 valence electrons. The molecule has 0 atom stereocenters. The summed E-state index contributed by atoms with van der Waals surface area (Å²) in [6.07, 6.45) is 5.04. The monoisotopic (exact) mass is 436 g/mol. The number of nitrogens with zero attached hydrogens (tertiary/aromatic N) is 3. The molecule has 1 N–H and O–H groups in total. The number of fused-ring (bicyclic) bond motifs is 1. The van der Waals surface area contributed by atoms with E-state index in [0.717, 1.165) is 43.6 Å². The first-order chi connectivity index (χ1) is 14.2. The predicted molar refractivity (Wildman–Crippen MR) is 121 cm³/mol. The molecule has 1 aromatic heterocycles. The molecule has 1 heterocycles. The Hall–Kier alpha value is -1.93. The maximum atomic E-state index is 12.5. The van der Waals surface area contributed by atoms with Gasteiger partial charge >= 0.3 is 0 Å². The highest BCUT2D eigenvalue weighted by Crippen LogP contribution is 2.23. The first-order valence-electron chi connectivity index (χ1n) is 10.8. The van der Waals surface area contributed by atoms with Gasteiger partial charge in [0, 0.05) is 40.0 Å². The lowest BCUT2D eigenvalue weighted by atomic mass is 10.1. The third-order valence-corrected chi connectivity index (χ3v) is 6.98. The van der Waals surface area contributed by atoms with Gasteiger partial charge in [-0.15, -0.1) is 0 Å². The molecule has 2 rings (SSSR count). The number of hydrogen-bond acceptors (Lipinski definition) is 4. The van der Waals surface area contributed by atoms with E-state index in [9.17, 15) is 13.2 Å². The number of aromatic nitrogens is 2. The van der Waals surface area contributed by atoms with Crippen molar-refractivity contribution < 1.29 is 13.2 Å². The van der Waals surface area contributed by atoms with Crippen LogP contribution >= 0.6 is 0 Å². The number of benzene rings is 1. The SMILES string of the molecule is CCCCn1c(CCC(=O)NCCCC(C)C)nc2cc(S(=O)(=O)N(C)C)ccc21. The molecule has 0 fully saturated rings. The Morgan fingerprint density at radius 1 is 1.23 bits per heavy atom. The summed E-state index contributed by atoms with van der Waals surface area (Å²) in [5, 5.41) is 2.99. The molecular formula is C22H36N4O3S. The van der Waals surface area contributed by atoms with Crippen LogP contribution < -0.4 is 5.32 Å².